The predicted molar refractivity (Wildman–Crippen MR) is 59.0 cm³/mol. The molecule has 0 saturated heterocycles. The zero-order valence-corrected chi connectivity index (χ0v) is 9.57. The van der Waals surface area contributed by atoms with Crippen LogP contribution in [0.15, 0.2) is 4.79 Å². The van der Waals surface area contributed by atoms with Gasteiger partial charge in [0.05, 0.1) is 0 Å². The first-order valence-corrected chi connectivity index (χ1v) is 5.88. The Morgan fingerprint density at radius 1 is 1.33 bits per heavy atom. The Labute approximate surface area is 89.9 Å². The minimum atomic E-state index is 0.0544. The van der Waals surface area contributed by atoms with Crippen LogP contribution in [0.4, 0.5) is 0 Å². The summed E-state index contributed by atoms with van der Waals surface area (Å²) in [5.74, 6) is 0.939. The smallest absolute Gasteiger partial charge is 0.276 e. The van der Waals surface area contributed by atoms with E-state index in [2.05, 4.69) is 12.0 Å². The number of hydrogen-bond donors (Lipinski definition) is 0. The van der Waals surface area contributed by atoms with E-state index >= 15 is 0 Å². The molecule has 1 saturated carbocycles. The molecule has 4 nitrogen and oxygen atoms in total. The summed E-state index contributed by atoms with van der Waals surface area (Å²) in [7, 11) is 1.74. The number of hydrogen-bond acceptors (Lipinski definition) is 2. The largest absolute Gasteiger partial charge is 0.345 e. The topological polar surface area (TPSA) is 39.8 Å². The Balaban J connectivity index is 2.36. The van der Waals surface area contributed by atoms with Crippen molar-refractivity contribution in [2.45, 2.75) is 51.5 Å². The summed E-state index contributed by atoms with van der Waals surface area (Å²) < 4.78 is 3.38. The molecule has 0 atom stereocenters. The van der Waals surface area contributed by atoms with Crippen molar-refractivity contribution in [2.75, 3.05) is 0 Å². The Morgan fingerprint density at radius 2 is 2.00 bits per heavy atom. The highest BCUT2D eigenvalue weighted by Crippen LogP contribution is 2.27. The van der Waals surface area contributed by atoms with Crippen LogP contribution in [-0.4, -0.2) is 14.3 Å². The Hall–Kier alpha value is -1.06. The van der Waals surface area contributed by atoms with Gasteiger partial charge in [-0.15, -0.1) is 0 Å². The lowest BCUT2D eigenvalue weighted by Gasteiger charge is -2.23. The van der Waals surface area contributed by atoms with Gasteiger partial charge in [-0.2, -0.15) is 5.10 Å². The Morgan fingerprint density at radius 3 is 2.60 bits per heavy atom. The van der Waals surface area contributed by atoms with Crippen molar-refractivity contribution in [3.8, 4) is 0 Å². The van der Waals surface area contributed by atoms with Crippen molar-refractivity contribution < 1.29 is 0 Å². The Bertz CT molecular complexity index is 385. The van der Waals surface area contributed by atoms with Gasteiger partial charge in [0.15, 0.2) is 0 Å². The van der Waals surface area contributed by atoms with Crippen LogP contribution >= 0.6 is 0 Å². The summed E-state index contributed by atoms with van der Waals surface area (Å²) in [4.78, 5) is 11.9. The lowest BCUT2D eigenvalue weighted by Crippen LogP contribution is -2.28. The molecule has 0 N–H and O–H groups in total. The maximum Gasteiger partial charge on any atom is 0.345 e. The number of nitrogens with zero attached hydrogens (tertiary/aromatic N) is 3. The fourth-order valence-electron chi connectivity index (χ4n) is 2.48. The molecule has 15 heavy (non-hydrogen) atoms. The third-order valence-electron chi connectivity index (χ3n) is 3.28. The Kier molecular flexibility index (Phi) is 2.93. The second-order valence-corrected chi connectivity index (χ2v) is 4.34. The first-order chi connectivity index (χ1) is 7.24. The fraction of sp³-hybridized carbons (Fsp3) is 0.818. The fourth-order valence-corrected chi connectivity index (χ4v) is 2.48. The molecule has 0 radical (unpaired) electrons. The van der Waals surface area contributed by atoms with Crippen molar-refractivity contribution in [2.24, 2.45) is 7.05 Å². The summed E-state index contributed by atoms with van der Waals surface area (Å²) >= 11 is 0. The van der Waals surface area contributed by atoms with E-state index in [0.29, 0.717) is 6.04 Å². The SMILES string of the molecule is CCc1nn(C)c(=O)n1C1CCCCC1. The molecule has 1 aromatic heterocycles. The molecule has 1 heterocycles. The van der Waals surface area contributed by atoms with Gasteiger partial charge in [-0.05, 0) is 12.8 Å². The molecule has 0 aliphatic heterocycles. The predicted octanol–water partition coefficient (Wildman–Crippen LogP) is 1.65. The first kappa shape index (κ1) is 10.5. The average Bonchev–Trinajstić information content (AvgIpc) is 2.56. The molecule has 84 valence electrons. The van der Waals surface area contributed by atoms with Gasteiger partial charge in [-0.3, -0.25) is 4.57 Å². The molecule has 4 heteroatoms. The minimum Gasteiger partial charge on any atom is -0.276 e. The molecule has 1 aliphatic carbocycles. The van der Waals surface area contributed by atoms with Crippen LogP contribution in [0.1, 0.15) is 50.9 Å². The van der Waals surface area contributed by atoms with E-state index in [-0.39, 0.29) is 5.69 Å². The van der Waals surface area contributed by atoms with Crippen molar-refractivity contribution in [1.82, 2.24) is 14.3 Å². The van der Waals surface area contributed by atoms with Gasteiger partial charge in [-0.25, -0.2) is 9.48 Å². The summed E-state index contributed by atoms with van der Waals surface area (Å²) in [6.07, 6.45) is 6.92. The third-order valence-corrected chi connectivity index (χ3v) is 3.28. The van der Waals surface area contributed by atoms with Crippen LogP contribution < -0.4 is 5.69 Å². The van der Waals surface area contributed by atoms with E-state index in [1.807, 2.05) is 4.57 Å². The van der Waals surface area contributed by atoms with Gasteiger partial charge in [0.2, 0.25) is 0 Å². The minimum absolute atomic E-state index is 0.0544. The molecule has 0 aromatic carbocycles. The van der Waals surface area contributed by atoms with Crippen molar-refractivity contribution in [1.29, 1.82) is 0 Å². The van der Waals surface area contributed by atoms with E-state index in [9.17, 15) is 4.79 Å². The van der Waals surface area contributed by atoms with Crippen molar-refractivity contribution in [3.63, 3.8) is 0 Å². The summed E-state index contributed by atoms with van der Waals surface area (Å²) in [6.45, 7) is 2.06. The van der Waals surface area contributed by atoms with Crippen LogP contribution in [-0.2, 0) is 13.5 Å². The summed E-state index contributed by atoms with van der Waals surface area (Å²) in [6, 6.07) is 0.398. The highest BCUT2D eigenvalue weighted by molar-refractivity contribution is 4.91. The molecule has 1 aromatic rings. The average molecular weight is 209 g/mol. The van der Waals surface area contributed by atoms with Gasteiger partial charge in [0.1, 0.15) is 5.82 Å². The monoisotopic (exact) mass is 209 g/mol. The van der Waals surface area contributed by atoms with Gasteiger partial charge in [0.25, 0.3) is 0 Å². The number of aromatic nitrogens is 3. The zero-order chi connectivity index (χ0) is 10.8. The highest BCUT2D eigenvalue weighted by atomic mass is 16.2. The summed E-state index contributed by atoms with van der Waals surface area (Å²) in [5, 5.41) is 4.27. The van der Waals surface area contributed by atoms with Crippen LogP contribution in [0.2, 0.25) is 0 Å². The van der Waals surface area contributed by atoms with E-state index in [1.165, 1.54) is 23.9 Å². The number of aryl methyl sites for hydroxylation is 2. The normalized spacial score (nSPS) is 18.3. The molecule has 0 unspecified atom stereocenters. The van der Waals surface area contributed by atoms with Crippen LogP contribution in [0, 0.1) is 0 Å². The molecular weight excluding hydrogens is 190 g/mol. The van der Waals surface area contributed by atoms with Crippen LogP contribution in [0.25, 0.3) is 0 Å². The molecule has 1 fully saturated rings. The van der Waals surface area contributed by atoms with E-state index < -0.39 is 0 Å². The van der Waals surface area contributed by atoms with Gasteiger partial charge < -0.3 is 0 Å². The second kappa shape index (κ2) is 4.21. The molecule has 0 amide bonds. The molecule has 0 bridgehead atoms. The standard InChI is InChI=1S/C11H19N3O/c1-3-10-12-13(2)11(15)14(10)9-7-5-4-6-8-9/h9H,3-8H2,1-2H3. The molecule has 1 aliphatic rings. The molecular formula is C11H19N3O. The maximum atomic E-state index is 11.9. The third kappa shape index (κ3) is 1.85. The summed E-state index contributed by atoms with van der Waals surface area (Å²) in [5.41, 5.74) is 0.0544. The highest BCUT2D eigenvalue weighted by Gasteiger charge is 2.21. The quantitative estimate of drug-likeness (QED) is 0.743. The number of rotatable bonds is 2. The lowest BCUT2D eigenvalue weighted by atomic mass is 9.95. The van der Waals surface area contributed by atoms with E-state index in [4.69, 9.17) is 0 Å². The zero-order valence-electron chi connectivity index (χ0n) is 9.57. The molecule has 0 spiro atoms. The van der Waals surface area contributed by atoms with E-state index in [0.717, 1.165) is 25.1 Å². The van der Waals surface area contributed by atoms with Crippen molar-refractivity contribution >= 4 is 0 Å². The maximum absolute atomic E-state index is 11.9. The van der Waals surface area contributed by atoms with E-state index in [1.54, 1.807) is 7.05 Å². The van der Waals surface area contributed by atoms with Gasteiger partial charge in [0, 0.05) is 19.5 Å². The second-order valence-electron chi connectivity index (χ2n) is 4.34. The molecule has 2 rings (SSSR count). The van der Waals surface area contributed by atoms with Crippen LogP contribution in [0.5, 0.6) is 0 Å². The lowest BCUT2D eigenvalue weighted by molar-refractivity contribution is 0.338. The van der Waals surface area contributed by atoms with Gasteiger partial charge >= 0.3 is 5.69 Å². The first-order valence-electron chi connectivity index (χ1n) is 5.88. The van der Waals surface area contributed by atoms with Crippen LogP contribution in [0.3, 0.4) is 0 Å². The van der Waals surface area contributed by atoms with Crippen molar-refractivity contribution in [3.05, 3.63) is 16.3 Å². The van der Waals surface area contributed by atoms with Gasteiger partial charge in [-0.1, -0.05) is 26.2 Å².